The van der Waals surface area contributed by atoms with E-state index in [1.807, 2.05) is 41.2 Å². The summed E-state index contributed by atoms with van der Waals surface area (Å²) in [7, 11) is 0. The van der Waals surface area contributed by atoms with Crippen LogP contribution >= 0.6 is 0 Å². The van der Waals surface area contributed by atoms with Crippen LogP contribution in [-0.4, -0.2) is 45.5 Å². The summed E-state index contributed by atoms with van der Waals surface area (Å²) in [6, 6.07) is 9.79. The Labute approximate surface area is 128 Å². The molecule has 1 aliphatic rings. The van der Waals surface area contributed by atoms with Crippen LogP contribution < -0.4 is 0 Å². The van der Waals surface area contributed by atoms with E-state index >= 15 is 0 Å². The minimum Gasteiger partial charge on any atom is -0.439 e. The highest BCUT2D eigenvalue weighted by molar-refractivity contribution is 5.72. The first-order chi connectivity index (χ1) is 10.9. The van der Waals surface area contributed by atoms with Gasteiger partial charge in [-0.25, -0.2) is 4.98 Å². The van der Waals surface area contributed by atoms with Crippen LogP contribution in [0.15, 0.2) is 47.1 Å². The fraction of sp³-hybridized carbons (Fsp3) is 0.375. The molecule has 22 heavy (non-hydrogen) atoms. The zero-order chi connectivity index (χ0) is 14.8. The smallest absolute Gasteiger partial charge is 0.209 e. The average molecular weight is 298 g/mol. The molecule has 2 aromatic heterocycles. The van der Waals surface area contributed by atoms with Gasteiger partial charge >= 0.3 is 0 Å². The maximum atomic E-state index is 5.82. The third kappa shape index (κ3) is 2.88. The van der Waals surface area contributed by atoms with E-state index in [0.29, 0.717) is 6.54 Å². The SMILES string of the molecule is c1ccc2oc(CN3CCOC(Cn4cccn4)C3)nc2c1. The quantitative estimate of drug-likeness (QED) is 0.736. The Hall–Kier alpha value is -2.18. The van der Waals surface area contributed by atoms with Crippen LogP contribution in [0.5, 0.6) is 0 Å². The van der Waals surface area contributed by atoms with E-state index in [1.54, 1.807) is 6.20 Å². The van der Waals surface area contributed by atoms with Crippen LogP contribution in [0.25, 0.3) is 11.1 Å². The van der Waals surface area contributed by atoms with E-state index < -0.39 is 0 Å². The maximum Gasteiger partial charge on any atom is 0.209 e. The van der Waals surface area contributed by atoms with Gasteiger partial charge in [-0.1, -0.05) is 12.1 Å². The number of aromatic nitrogens is 3. The van der Waals surface area contributed by atoms with Crippen molar-refractivity contribution < 1.29 is 9.15 Å². The molecule has 0 N–H and O–H groups in total. The van der Waals surface area contributed by atoms with E-state index in [9.17, 15) is 0 Å². The number of morpholine rings is 1. The van der Waals surface area contributed by atoms with E-state index in [-0.39, 0.29) is 6.10 Å². The number of para-hydroxylation sites is 2. The Balaban J connectivity index is 1.41. The van der Waals surface area contributed by atoms with Gasteiger partial charge in [0.15, 0.2) is 5.58 Å². The van der Waals surface area contributed by atoms with Gasteiger partial charge in [0.05, 0.1) is 25.8 Å². The highest BCUT2D eigenvalue weighted by Gasteiger charge is 2.22. The second-order valence-corrected chi connectivity index (χ2v) is 5.53. The molecular weight excluding hydrogens is 280 g/mol. The van der Waals surface area contributed by atoms with E-state index in [4.69, 9.17) is 9.15 Å². The first-order valence-electron chi connectivity index (χ1n) is 7.53. The second kappa shape index (κ2) is 5.90. The highest BCUT2D eigenvalue weighted by Crippen LogP contribution is 2.17. The fourth-order valence-corrected chi connectivity index (χ4v) is 2.83. The molecule has 114 valence electrons. The molecule has 0 amide bonds. The lowest BCUT2D eigenvalue weighted by Crippen LogP contribution is -2.43. The zero-order valence-corrected chi connectivity index (χ0v) is 12.3. The summed E-state index contributed by atoms with van der Waals surface area (Å²) in [5, 5.41) is 4.24. The molecular formula is C16H18N4O2. The van der Waals surface area contributed by atoms with Gasteiger partial charge in [0.25, 0.3) is 0 Å². The molecule has 0 aliphatic carbocycles. The van der Waals surface area contributed by atoms with Gasteiger partial charge in [0.2, 0.25) is 5.89 Å². The summed E-state index contributed by atoms with van der Waals surface area (Å²) in [6.07, 6.45) is 3.90. The van der Waals surface area contributed by atoms with Crippen molar-refractivity contribution in [2.24, 2.45) is 0 Å². The number of fused-ring (bicyclic) bond motifs is 1. The number of rotatable bonds is 4. The molecule has 1 aromatic carbocycles. The Morgan fingerprint density at radius 2 is 2.18 bits per heavy atom. The van der Waals surface area contributed by atoms with Gasteiger partial charge in [-0.05, 0) is 18.2 Å². The molecule has 1 aliphatic heterocycles. The van der Waals surface area contributed by atoms with E-state index in [2.05, 4.69) is 15.0 Å². The molecule has 3 aromatic rings. The van der Waals surface area contributed by atoms with Crippen molar-refractivity contribution in [2.45, 2.75) is 19.2 Å². The van der Waals surface area contributed by atoms with Crippen LogP contribution in [0.2, 0.25) is 0 Å². The predicted molar refractivity (Wildman–Crippen MR) is 81.3 cm³/mol. The van der Waals surface area contributed by atoms with Gasteiger partial charge in [0, 0.05) is 25.5 Å². The van der Waals surface area contributed by atoms with E-state index in [1.165, 1.54) is 0 Å². The molecule has 1 fully saturated rings. The third-order valence-corrected chi connectivity index (χ3v) is 3.87. The van der Waals surface area contributed by atoms with Crippen LogP contribution in [0.4, 0.5) is 0 Å². The first-order valence-corrected chi connectivity index (χ1v) is 7.53. The van der Waals surface area contributed by atoms with E-state index in [0.717, 1.165) is 43.2 Å². The molecule has 4 rings (SSSR count). The number of hydrogen-bond donors (Lipinski definition) is 0. The fourth-order valence-electron chi connectivity index (χ4n) is 2.83. The van der Waals surface area contributed by atoms with Crippen molar-refractivity contribution in [3.63, 3.8) is 0 Å². The molecule has 1 atom stereocenters. The summed E-state index contributed by atoms with van der Waals surface area (Å²) in [4.78, 5) is 6.86. The van der Waals surface area contributed by atoms with Gasteiger partial charge < -0.3 is 9.15 Å². The minimum atomic E-state index is 0.151. The van der Waals surface area contributed by atoms with Gasteiger partial charge in [-0.2, -0.15) is 5.10 Å². The predicted octanol–water partition coefficient (Wildman–Crippen LogP) is 1.93. The molecule has 0 saturated carbocycles. The minimum absolute atomic E-state index is 0.151. The Morgan fingerprint density at radius 3 is 3.05 bits per heavy atom. The number of ether oxygens (including phenoxy) is 1. The van der Waals surface area contributed by atoms with Crippen molar-refractivity contribution >= 4 is 11.1 Å². The molecule has 3 heterocycles. The summed E-state index contributed by atoms with van der Waals surface area (Å²) in [6.45, 7) is 3.98. The van der Waals surface area contributed by atoms with Crippen molar-refractivity contribution in [3.05, 3.63) is 48.6 Å². The largest absolute Gasteiger partial charge is 0.439 e. The summed E-state index contributed by atoms with van der Waals surface area (Å²) in [5.74, 6) is 0.765. The van der Waals surface area contributed by atoms with Gasteiger partial charge in [-0.15, -0.1) is 0 Å². The Bertz CT molecular complexity index is 705. The van der Waals surface area contributed by atoms with Crippen LogP contribution in [0.3, 0.4) is 0 Å². The van der Waals surface area contributed by atoms with Gasteiger partial charge in [-0.3, -0.25) is 9.58 Å². The molecule has 6 nitrogen and oxygen atoms in total. The van der Waals surface area contributed by atoms with Crippen molar-refractivity contribution in [1.82, 2.24) is 19.7 Å². The van der Waals surface area contributed by atoms with Crippen LogP contribution in [0, 0.1) is 0 Å². The summed E-state index contributed by atoms with van der Waals surface area (Å²) >= 11 is 0. The van der Waals surface area contributed by atoms with Crippen LogP contribution in [0.1, 0.15) is 5.89 Å². The standard InChI is InChI=1S/C16H18N4O2/c1-2-5-15-14(4-1)18-16(22-15)12-19-8-9-21-13(10-19)11-20-7-3-6-17-20/h1-7,13H,8-12H2. The number of nitrogens with zero attached hydrogens (tertiary/aromatic N) is 4. The van der Waals surface area contributed by atoms with Crippen molar-refractivity contribution in [3.8, 4) is 0 Å². The first kappa shape index (κ1) is 13.5. The molecule has 6 heteroatoms. The second-order valence-electron chi connectivity index (χ2n) is 5.53. The number of oxazole rings is 1. The normalized spacial score (nSPS) is 19.7. The Kier molecular flexibility index (Phi) is 3.62. The molecule has 0 radical (unpaired) electrons. The lowest BCUT2D eigenvalue weighted by molar-refractivity contribution is -0.0421. The lowest BCUT2D eigenvalue weighted by atomic mass is 10.2. The Morgan fingerprint density at radius 1 is 1.23 bits per heavy atom. The van der Waals surface area contributed by atoms with Crippen molar-refractivity contribution in [2.75, 3.05) is 19.7 Å². The monoisotopic (exact) mass is 298 g/mol. The third-order valence-electron chi connectivity index (χ3n) is 3.87. The van der Waals surface area contributed by atoms with Crippen LogP contribution in [-0.2, 0) is 17.8 Å². The highest BCUT2D eigenvalue weighted by atomic mass is 16.5. The summed E-state index contributed by atoms with van der Waals surface area (Å²) < 4.78 is 13.5. The number of hydrogen-bond acceptors (Lipinski definition) is 5. The van der Waals surface area contributed by atoms with Crippen molar-refractivity contribution in [1.29, 1.82) is 0 Å². The maximum absolute atomic E-state index is 5.82. The molecule has 0 bridgehead atoms. The topological polar surface area (TPSA) is 56.3 Å². The summed E-state index contributed by atoms with van der Waals surface area (Å²) in [5.41, 5.74) is 1.76. The molecule has 1 saturated heterocycles. The molecule has 1 unspecified atom stereocenters. The lowest BCUT2D eigenvalue weighted by Gasteiger charge is -2.31. The molecule has 0 spiro atoms. The zero-order valence-electron chi connectivity index (χ0n) is 12.3. The van der Waals surface area contributed by atoms with Gasteiger partial charge in [0.1, 0.15) is 5.52 Å². The average Bonchev–Trinajstić information content (AvgIpc) is 3.16. The number of benzene rings is 1.